The van der Waals surface area contributed by atoms with Gasteiger partial charge in [-0.3, -0.25) is 4.99 Å². The van der Waals surface area contributed by atoms with Crippen LogP contribution in [0.1, 0.15) is 0 Å². The van der Waals surface area contributed by atoms with E-state index in [1.165, 1.54) is 6.34 Å². The minimum absolute atomic E-state index is 0.105. The fraction of sp³-hybridized carbons (Fsp3) is 0.231. The first-order valence-corrected chi connectivity index (χ1v) is 6.92. The third kappa shape index (κ3) is 2.90. The minimum Gasteiger partial charge on any atom is -0.493 e. The Labute approximate surface area is 115 Å². The summed E-state index contributed by atoms with van der Waals surface area (Å²) in [6, 6.07) is 9.67. The summed E-state index contributed by atoms with van der Waals surface area (Å²) in [5.41, 5.74) is 0. The average molecular weight is 272 g/mol. The van der Waals surface area contributed by atoms with Crippen molar-refractivity contribution in [3.8, 4) is 5.75 Å². The Morgan fingerprint density at radius 1 is 1.11 bits per heavy atom. The standard InChI is InChI=1S/C13H12N4OS/c1-2-4-10(5-3-1)18-6-7-19-13-11-12(15-8-14-11)16-9-17-13/h1-5,8-9,11H,6-7H2. The first kappa shape index (κ1) is 12.1. The highest BCUT2D eigenvalue weighted by atomic mass is 32.2. The number of amidine groups is 1. The smallest absolute Gasteiger partial charge is 0.163 e. The minimum atomic E-state index is -0.105. The zero-order valence-electron chi connectivity index (χ0n) is 10.1. The molecule has 6 heteroatoms. The van der Waals surface area contributed by atoms with E-state index in [1.807, 2.05) is 30.3 Å². The van der Waals surface area contributed by atoms with Gasteiger partial charge in [0, 0.05) is 5.75 Å². The van der Waals surface area contributed by atoms with Crippen molar-refractivity contribution in [3.63, 3.8) is 0 Å². The van der Waals surface area contributed by atoms with Gasteiger partial charge in [0.05, 0.1) is 6.61 Å². The first-order chi connectivity index (χ1) is 9.43. The Hall–Kier alpha value is -1.95. The zero-order chi connectivity index (χ0) is 12.9. The highest BCUT2D eigenvalue weighted by Crippen LogP contribution is 2.18. The second kappa shape index (κ2) is 5.79. The van der Waals surface area contributed by atoms with E-state index in [4.69, 9.17) is 4.74 Å². The molecule has 0 spiro atoms. The van der Waals surface area contributed by atoms with Crippen LogP contribution in [0, 0.1) is 0 Å². The molecule has 0 fully saturated rings. The Morgan fingerprint density at radius 2 is 2.00 bits per heavy atom. The molecule has 19 heavy (non-hydrogen) atoms. The largest absolute Gasteiger partial charge is 0.493 e. The maximum Gasteiger partial charge on any atom is 0.163 e. The molecule has 1 aromatic rings. The quantitative estimate of drug-likeness (QED) is 0.788. The topological polar surface area (TPSA) is 58.7 Å². The molecule has 2 heterocycles. The maximum absolute atomic E-state index is 5.63. The van der Waals surface area contributed by atoms with Gasteiger partial charge in [0.25, 0.3) is 0 Å². The molecule has 0 amide bonds. The average Bonchev–Trinajstić information content (AvgIpc) is 2.94. The Kier molecular flexibility index (Phi) is 3.69. The molecule has 0 saturated carbocycles. The number of benzene rings is 1. The Morgan fingerprint density at radius 3 is 2.89 bits per heavy atom. The summed E-state index contributed by atoms with van der Waals surface area (Å²) in [5, 5.41) is 0.930. The van der Waals surface area contributed by atoms with Gasteiger partial charge in [-0.25, -0.2) is 15.0 Å². The molecule has 3 rings (SSSR count). The summed E-state index contributed by atoms with van der Waals surface area (Å²) in [6.07, 6.45) is 3.07. The lowest BCUT2D eigenvalue weighted by atomic mass is 10.3. The predicted octanol–water partition coefficient (Wildman–Crippen LogP) is 2.05. The maximum atomic E-state index is 5.63. The van der Waals surface area contributed by atoms with Crippen LogP contribution in [0.15, 0.2) is 50.3 Å². The molecule has 0 bridgehead atoms. The van der Waals surface area contributed by atoms with Gasteiger partial charge in [-0.15, -0.1) is 11.8 Å². The SMILES string of the molecule is C1=NC2=NC=NC2C(SCCOc2ccccc2)=N1. The monoisotopic (exact) mass is 272 g/mol. The van der Waals surface area contributed by atoms with Crippen LogP contribution >= 0.6 is 11.8 Å². The van der Waals surface area contributed by atoms with E-state index < -0.39 is 0 Å². The van der Waals surface area contributed by atoms with E-state index >= 15 is 0 Å². The molecule has 5 nitrogen and oxygen atoms in total. The zero-order valence-corrected chi connectivity index (χ0v) is 11.0. The van der Waals surface area contributed by atoms with Gasteiger partial charge in [-0.2, -0.15) is 0 Å². The third-order valence-corrected chi connectivity index (χ3v) is 3.60. The highest BCUT2D eigenvalue weighted by molar-refractivity contribution is 8.14. The molecule has 0 saturated heterocycles. The Bertz CT molecular complexity index is 565. The van der Waals surface area contributed by atoms with Gasteiger partial charge in [-0.1, -0.05) is 18.2 Å². The molecule has 2 aliphatic heterocycles. The number of nitrogens with zero attached hydrogens (tertiary/aromatic N) is 4. The van der Waals surface area contributed by atoms with Crippen molar-refractivity contribution in [3.05, 3.63) is 30.3 Å². The fourth-order valence-corrected chi connectivity index (χ4v) is 2.55. The summed E-state index contributed by atoms with van der Waals surface area (Å²) in [4.78, 5) is 16.7. The van der Waals surface area contributed by atoms with Gasteiger partial charge < -0.3 is 4.74 Å². The van der Waals surface area contributed by atoms with Gasteiger partial charge in [0.1, 0.15) is 23.5 Å². The van der Waals surface area contributed by atoms with E-state index in [9.17, 15) is 0 Å². The van der Waals surface area contributed by atoms with Crippen LogP contribution in [0.5, 0.6) is 5.75 Å². The second-order valence-electron chi connectivity index (χ2n) is 3.88. The lowest BCUT2D eigenvalue weighted by molar-refractivity contribution is 0.344. The van der Waals surface area contributed by atoms with Crippen LogP contribution in [0.2, 0.25) is 0 Å². The third-order valence-electron chi connectivity index (χ3n) is 2.60. The number of thioether (sulfide) groups is 1. The normalized spacial score (nSPS) is 19.9. The fourth-order valence-electron chi connectivity index (χ4n) is 1.73. The van der Waals surface area contributed by atoms with Crippen molar-refractivity contribution in [1.82, 2.24) is 0 Å². The number of hydrogen-bond donors (Lipinski definition) is 0. The molecule has 2 aliphatic rings. The van der Waals surface area contributed by atoms with Crippen LogP contribution < -0.4 is 4.74 Å². The molecule has 0 N–H and O–H groups in total. The molecule has 0 radical (unpaired) electrons. The molecule has 0 aromatic heterocycles. The molecule has 1 unspecified atom stereocenters. The molecule has 0 aliphatic carbocycles. The molecular weight excluding hydrogens is 260 g/mol. The predicted molar refractivity (Wildman–Crippen MR) is 80.0 cm³/mol. The van der Waals surface area contributed by atoms with Crippen molar-refractivity contribution in [2.24, 2.45) is 20.0 Å². The van der Waals surface area contributed by atoms with Gasteiger partial charge in [-0.05, 0) is 12.1 Å². The molecule has 96 valence electrons. The summed E-state index contributed by atoms with van der Waals surface area (Å²) in [6.45, 7) is 0.633. The first-order valence-electron chi connectivity index (χ1n) is 5.94. The van der Waals surface area contributed by atoms with Crippen molar-refractivity contribution >= 4 is 35.3 Å². The number of para-hydroxylation sites is 1. The van der Waals surface area contributed by atoms with Gasteiger partial charge >= 0.3 is 0 Å². The lowest BCUT2D eigenvalue weighted by Crippen LogP contribution is -2.26. The lowest BCUT2D eigenvalue weighted by Gasteiger charge is -2.13. The highest BCUT2D eigenvalue weighted by Gasteiger charge is 2.26. The number of aliphatic imine (C=N–C) groups is 4. The molecule has 1 atom stereocenters. The van der Waals surface area contributed by atoms with E-state index in [2.05, 4.69) is 20.0 Å². The Balaban J connectivity index is 1.48. The summed E-state index contributed by atoms with van der Waals surface area (Å²) in [7, 11) is 0. The summed E-state index contributed by atoms with van der Waals surface area (Å²) >= 11 is 1.63. The molecule has 1 aromatic carbocycles. The van der Waals surface area contributed by atoms with E-state index in [0.717, 1.165) is 22.4 Å². The van der Waals surface area contributed by atoms with Gasteiger partial charge in [0.15, 0.2) is 11.9 Å². The van der Waals surface area contributed by atoms with Crippen LogP contribution in [0.4, 0.5) is 0 Å². The number of fused-ring (bicyclic) bond motifs is 1. The second-order valence-corrected chi connectivity index (χ2v) is 4.99. The van der Waals surface area contributed by atoms with Crippen molar-refractivity contribution < 1.29 is 4.74 Å². The van der Waals surface area contributed by atoms with Crippen LogP contribution in [-0.4, -0.2) is 42.0 Å². The number of ether oxygens (including phenoxy) is 1. The van der Waals surface area contributed by atoms with Crippen LogP contribution in [-0.2, 0) is 0 Å². The van der Waals surface area contributed by atoms with Gasteiger partial charge in [0.2, 0.25) is 0 Å². The number of hydrogen-bond acceptors (Lipinski definition) is 6. The number of rotatable bonds is 4. The van der Waals surface area contributed by atoms with E-state index in [1.54, 1.807) is 18.1 Å². The summed E-state index contributed by atoms with van der Waals surface area (Å²) < 4.78 is 5.63. The van der Waals surface area contributed by atoms with E-state index in [0.29, 0.717) is 6.61 Å². The molecular formula is C13H12N4OS. The van der Waals surface area contributed by atoms with Crippen LogP contribution in [0.25, 0.3) is 0 Å². The van der Waals surface area contributed by atoms with Crippen molar-refractivity contribution in [1.29, 1.82) is 0 Å². The van der Waals surface area contributed by atoms with Crippen molar-refractivity contribution in [2.45, 2.75) is 6.04 Å². The summed E-state index contributed by atoms with van der Waals surface area (Å²) in [5.74, 6) is 2.43. The van der Waals surface area contributed by atoms with Crippen molar-refractivity contribution in [2.75, 3.05) is 12.4 Å². The van der Waals surface area contributed by atoms with Crippen LogP contribution in [0.3, 0.4) is 0 Å². The van der Waals surface area contributed by atoms with E-state index in [-0.39, 0.29) is 6.04 Å².